The van der Waals surface area contributed by atoms with Crippen LogP contribution < -0.4 is 10.0 Å². The van der Waals surface area contributed by atoms with Crippen LogP contribution in [0.25, 0.3) is 0 Å². The first-order valence-corrected chi connectivity index (χ1v) is 9.33. The summed E-state index contributed by atoms with van der Waals surface area (Å²) in [6.45, 7) is 2.95. The number of carbonyl (C=O) groups excluding carboxylic acids is 2. The summed E-state index contributed by atoms with van der Waals surface area (Å²) in [5.74, 6) is -1.06. The third-order valence-electron chi connectivity index (χ3n) is 3.68. The number of benzene rings is 2. The zero-order chi connectivity index (χ0) is 19.3. The van der Waals surface area contributed by atoms with Crippen molar-refractivity contribution >= 4 is 21.7 Å². The van der Waals surface area contributed by atoms with Crippen LogP contribution >= 0.6 is 0 Å². The number of halogens is 1. The van der Waals surface area contributed by atoms with Gasteiger partial charge in [0.2, 0.25) is 15.9 Å². The lowest BCUT2D eigenvalue weighted by Gasteiger charge is -2.14. The van der Waals surface area contributed by atoms with Crippen molar-refractivity contribution in [3.63, 3.8) is 0 Å². The van der Waals surface area contributed by atoms with E-state index in [0.29, 0.717) is 11.1 Å². The number of ketones is 1. The number of amides is 1. The van der Waals surface area contributed by atoms with E-state index in [4.69, 9.17) is 0 Å². The molecule has 2 N–H and O–H groups in total. The quantitative estimate of drug-likeness (QED) is 0.721. The fraction of sp³-hybridized carbons (Fsp3) is 0.222. The highest BCUT2D eigenvalue weighted by Crippen LogP contribution is 2.11. The van der Waals surface area contributed by atoms with Crippen LogP contribution in [0.15, 0.2) is 53.4 Å². The molecule has 0 aromatic heterocycles. The minimum absolute atomic E-state index is 0.0410. The van der Waals surface area contributed by atoms with Gasteiger partial charge in [0.1, 0.15) is 5.82 Å². The Kier molecular flexibility index (Phi) is 6.23. The number of nitrogens with one attached hydrogen (secondary N) is 2. The Morgan fingerprint density at radius 3 is 2.15 bits per heavy atom. The van der Waals surface area contributed by atoms with Gasteiger partial charge in [0, 0.05) is 12.1 Å². The number of rotatable bonds is 7. The topological polar surface area (TPSA) is 92.3 Å². The summed E-state index contributed by atoms with van der Waals surface area (Å²) >= 11 is 0. The largest absolute Gasteiger partial charge is 0.351 e. The van der Waals surface area contributed by atoms with Gasteiger partial charge in [-0.15, -0.1) is 0 Å². The maximum Gasteiger partial charge on any atom is 0.241 e. The first-order valence-electron chi connectivity index (χ1n) is 7.84. The number of hydrogen-bond acceptors (Lipinski definition) is 4. The number of hydrogen-bond donors (Lipinski definition) is 2. The molecule has 2 rings (SSSR count). The maximum absolute atomic E-state index is 12.8. The molecule has 138 valence electrons. The van der Waals surface area contributed by atoms with E-state index in [-0.39, 0.29) is 23.0 Å². The van der Waals surface area contributed by atoms with Gasteiger partial charge in [0.25, 0.3) is 0 Å². The van der Waals surface area contributed by atoms with Gasteiger partial charge in [-0.2, -0.15) is 4.72 Å². The summed E-state index contributed by atoms with van der Waals surface area (Å²) in [5, 5.41) is 2.58. The molecule has 8 heteroatoms. The normalized spacial score (nSPS) is 12.4. The summed E-state index contributed by atoms with van der Waals surface area (Å²) in [7, 11) is -3.91. The van der Waals surface area contributed by atoms with Crippen LogP contribution in [0.2, 0.25) is 0 Å². The van der Waals surface area contributed by atoms with Crippen LogP contribution in [0.4, 0.5) is 4.39 Å². The molecule has 0 fully saturated rings. The number of carbonyl (C=O) groups is 2. The van der Waals surface area contributed by atoms with Crippen LogP contribution in [0.1, 0.15) is 29.8 Å². The average Bonchev–Trinajstić information content (AvgIpc) is 2.60. The van der Waals surface area contributed by atoms with Crippen molar-refractivity contribution in [2.75, 3.05) is 0 Å². The molecule has 2 aromatic rings. The SMILES string of the molecule is CC(=O)c1ccc(S(=O)(=O)NC(C)C(=O)NCc2ccc(F)cc2)cc1. The van der Waals surface area contributed by atoms with E-state index in [1.165, 1.54) is 62.4 Å². The molecule has 26 heavy (non-hydrogen) atoms. The molecule has 0 spiro atoms. The molecule has 0 bridgehead atoms. The zero-order valence-corrected chi connectivity index (χ0v) is 15.1. The smallest absolute Gasteiger partial charge is 0.241 e. The Hall–Kier alpha value is -2.58. The van der Waals surface area contributed by atoms with Crippen molar-refractivity contribution in [1.82, 2.24) is 10.0 Å². The molecule has 0 heterocycles. The minimum Gasteiger partial charge on any atom is -0.351 e. The predicted octanol–water partition coefficient (Wildman–Crippen LogP) is 2.01. The van der Waals surface area contributed by atoms with Crippen LogP contribution in [0.5, 0.6) is 0 Å². The van der Waals surface area contributed by atoms with Gasteiger partial charge in [-0.3, -0.25) is 9.59 Å². The Labute approximate surface area is 151 Å². The van der Waals surface area contributed by atoms with Gasteiger partial charge in [0.15, 0.2) is 5.78 Å². The molecular formula is C18H19FN2O4S. The highest BCUT2D eigenvalue weighted by molar-refractivity contribution is 7.89. The molecule has 0 saturated heterocycles. The number of Topliss-reactive ketones (excluding diaryl/α,β-unsaturated/α-hetero) is 1. The Morgan fingerprint density at radius 1 is 1.04 bits per heavy atom. The molecule has 0 aliphatic rings. The van der Waals surface area contributed by atoms with E-state index in [1.807, 2.05) is 0 Å². The van der Waals surface area contributed by atoms with Crippen LogP contribution in [0.3, 0.4) is 0 Å². The molecule has 0 saturated carbocycles. The third kappa shape index (κ3) is 5.21. The second-order valence-electron chi connectivity index (χ2n) is 5.77. The standard InChI is InChI=1S/C18H19FN2O4S/c1-12(18(23)20-11-14-3-7-16(19)8-4-14)21-26(24,25)17-9-5-15(6-10-17)13(2)22/h3-10,12,21H,11H2,1-2H3,(H,20,23). The zero-order valence-electron chi connectivity index (χ0n) is 14.3. The second-order valence-corrected chi connectivity index (χ2v) is 7.48. The van der Waals surface area contributed by atoms with Gasteiger partial charge in [-0.1, -0.05) is 24.3 Å². The van der Waals surface area contributed by atoms with Gasteiger partial charge in [0.05, 0.1) is 10.9 Å². The molecule has 1 amide bonds. The van der Waals surface area contributed by atoms with Crippen LogP contribution in [-0.2, 0) is 21.4 Å². The number of sulfonamides is 1. The lowest BCUT2D eigenvalue weighted by atomic mass is 10.2. The molecule has 0 aliphatic heterocycles. The highest BCUT2D eigenvalue weighted by atomic mass is 32.2. The molecule has 1 atom stereocenters. The summed E-state index contributed by atoms with van der Waals surface area (Å²) in [4.78, 5) is 23.3. The fourth-order valence-corrected chi connectivity index (χ4v) is 3.37. The summed E-state index contributed by atoms with van der Waals surface area (Å²) < 4.78 is 39.8. The molecule has 0 radical (unpaired) electrons. The van der Waals surface area contributed by atoms with E-state index in [2.05, 4.69) is 10.0 Å². The lowest BCUT2D eigenvalue weighted by Crippen LogP contribution is -2.44. The molecule has 6 nitrogen and oxygen atoms in total. The predicted molar refractivity (Wildman–Crippen MR) is 94.5 cm³/mol. The van der Waals surface area contributed by atoms with Gasteiger partial charge in [-0.25, -0.2) is 12.8 Å². The summed E-state index contributed by atoms with van der Waals surface area (Å²) in [5.41, 5.74) is 1.09. The van der Waals surface area contributed by atoms with Gasteiger partial charge < -0.3 is 5.32 Å². The molecule has 1 unspecified atom stereocenters. The molecular weight excluding hydrogens is 359 g/mol. The summed E-state index contributed by atoms with van der Waals surface area (Å²) in [6.07, 6.45) is 0. The van der Waals surface area contributed by atoms with Crippen molar-refractivity contribution in [2.24, 2.45) is 0 Å². The fourth-order valence-electron chi connectivity index (χ4n) is 2.17. The monoisotopic (exact) mass is 378 g/mol. The van der Waals surface area contributed by atoms with Crippen LogP contribution in [-0.4, -0.2) is 26.2 Å². The Bertz CT molecular complexity index is 894. The van der Waals surface area contributed by atoms with Crippen molar-refractivity contribution in [2.45, 2.75) is 31.3 Å². The second kappa shape index (κ2) is 8.20. The van der Waals surface area contributed by atoms with Crippen molar-refractivity contribution in [3.05, 3.63) is 65.5 Å². The van der Waals surface area contributed by atoms with E-state index in [1.54, 1.807) is 0 Å². The highest BCUT2D eigenvalue weighted by Gasteiger charge is 2.22. The maximum atomic E-state index is 12.8. The minimum atomic E-state index is -3.91. The van der Waals surface area contributed by atoms with E-state index >= 15 is 0 Å². The molecule has 2 aromatic carbocycles. The molecule has 0 aliphatic carbocycles. The van der Waals surface area contributed by atoms with Crippen molar-refractivity contribution in [1.29, 1.82) is 0 Å². The first kappa shape index (κ1) is 19.7. The third-order valence-corrected chi connectivity index (χ3v) is 5.23. The van der Waals surface area contributed by atoms with Crippen molar-refractivity contribution < 1.29 is 22.4 Å². The Balaban J connectivity index is 1.97. The first-order chi connectivity index (χ1) is 12.2. The van der Waals surface area contributed by atoms with E-state index < -0.39 is 22.0 Å². The van der Waals surface area contributed by atoms with E-state index in [9.17, 15) is 22.4 Å². The summed E-state index contributed by atoms with van der Waals surface area (Å²) in [6, 6.07) is 10.0. The van der Waals surface area contributed by atoms with E-state index in [0.717, 1.165) is 0 Å². The Morgan fingerprint density at radius 2 is 1.62 bits per heavy atom. The average molecular weight is 378 g/mol. The van der Waals surface area contributed by atoms with Crippen LogP contribution in [0, 0.1) is 5.82 Å². The van der Waals surface area contributed by atoms with Gasteiger partial charge in [-0.05, 0) is 43.7 Å². The van der Waals surface area contributed by atoms with Crippen molar-refractivity contribution in [3.8, 4) is 0 Å². The lowest BCUT2D eigenvalue weighted by molar-refractivity contribution is -0.122. The van der Waals surface area contributed by atoms with Gasteiger partial charge >= 0.3 is 0 Å².